The second kappa shape index (κ2) is 8.29. The Kier molecular flexibility index (Phi) is 6.33. The molecule has 0 aromatic heterocycles. The highest BCUT2D eigenvalue weighted by Gasteiger charge is 2.46. The number of phenolic OH excluding ortho intramolecular Hbond substituents is 1. The number of hydrogen-bond acceptors (Lipinski definition) is 3. The molecule has 2 atom stereocenters. The molecule has 3 N–H and O–H groups in total. The molecule has 0 radical (unpaired) electrons. The number of benzene rings is 1. The topological polar surface area (TPSA) is 55.5 Å². The lowest BCUT2D eigenvalue weighted by atomic mass is 9.66. The smallest absolute Gasteiger partial charge is 0.127 e. The van der Waals surface area contributed by atoms with Crippen LogP contribution in [0.5, 0.6) is 11.5 Å². The standard InChI is InChI=1S/C25H37NO2S/c1-6-7-8-9-12-24(2,3)17-14-20(27)22-18-13-16(23(26)29)10-11-19(18)25(4,5)28-21(22)15-17/h10,14-15,18-19,27H,6-9,11-13H2,1-5H3,(H2,26,29)/t18-,19-/m1/s1. The van der Waals surface area contributed by atoms with Crippen LogP contribution in [0.2, 0.25) is 0 Å². The van der Waals surface area contributed by atoms with Gasteiger partial charge in [-0.2, -0.15) is 0 Å². The van der Waals surface area contributed by atoms with Gasteiger partial charge < -0.3 is 15.6 Å². The van der Waals surface area contributed by atoms with Gasteiger partial charge in [0.15, 0.2) is 0 Å². The normalized spacial score (nSPS) is 22.9. The molecule has 4 heteroatoms. The predicted octanol–water partition coefficient (Wildman–Crippen LogP) is 6.52. The van der Waals surface area contributed by atoms with E-state index in [4.69, 9.17) is 22.7 Å². The van der Waals surface area contributed by atoms with Crippen LogP contribution >= 0.6 is 12.2 Å². The Balaban J connectivity index is 1.95. The minimum Gasteiger partial charge on any atom is -0.508 e. The van der Waals surface area contributed by atoms with Gasteiger partial charge in [-0.05, 0) is 61.8 Å². The Bertz CT molecular complexity index is 809. The first-order valence-electron chi connectivity index (χ1n) is 11.1. The van der Waals surface area contributed by atoms with Gasteiger partial charge in [0.25, 0.3) is 0 Å². The van der Waals surface area contributed by atoms with Gasteiger partial charge in [-0.15, -0.1) is 0 Å². The number of hydrogen-bond donors (Lipinski definition) is 2. The molecule has 29 heavy (non-hydrogen) atoms. The lowest BCUT2D eigenvalue weighted by Gasteiger charge is -2.47. The molecule has 0 fully saturated rings. The first kappa shape index (κ1) is 22.1. The van der Waals surface area contributed by atoms with Crippen molar-refractivity contribution >= 4 is 17.2 Å². The van der Waals surface area contributed by atoms with Crippen LogP contribution in [0.4, 0.5) is 0 Å². The minimum absolute atomic E-state index is 0.00105. The largest absolute Gasteiger partial charge is 0.508 e. The van der Waals surface area contributed by atoms with Crippen LogP contribution in [-0.4, -0.2) is 15.7 Å². The maximum Gasteiger partial charge on any atom is 0.127 e. The Morgan fingerprint density at radius 3 is 2.66 bits per heavy atom. The Morgan fingerprint density at radius 1 is 1.28 bits per heavy atom. The monoisotopic (exact) mass is 415 g/mol. The summed E-state index contributed by atoms with van der Waals surface area (Å²) in [6.45, 7) is 11.1. The van der Waals surface area contributed by atoms with Crippen molar-refractivity contribution in [2.75, 3.05) is 0 Å². The molecule has 0 amide bonds. The summed E-state index contributed by atoms with van der Waals surface area (Å²) in [6, 6.07) is 4.14. The highest BCUT2D eigenvalue weighted by molar-refractivity contribution is 7.80. The number of phenols is 1. The second-order valence-electron chi connectivity index (χ2n) is 10.1. The van der Waals surface area contributed by atoms with E-state index >= 15 is 0 Å². The number of allylic oxidation sites excluding steroid dienone is 1. The fraction of sp³-hybridized carbons (Fsp3) is 0.640. The highest BCUT2D eigenvalue weighted by Crippen LogP contribution is 2.55. The molecular weight excluding hydrogens is 378 g/mol. The first-order valence-corrected chi connectivity index (χ1v) is 11.5. The maximum atomic E-state index is 11.1. The maximum absolute atomic E-state index is 11.1. The van der Waals surface area contributed by atoms with Crippen molar-refractivity contribution in [2.45, 2.75) is 96.5 Å². The SMILES string of the molecule is CCCCCCC(C)(C)c1cc(O)c2c(c1)OC(C)(C)[C@@H]1CC=C(C(N)=S)C[C@@H]21. The fourth-order valence-electron chi connectivity index (χ4n) is 5.13. The molecule has 1 heterocycles. The fourth-order valence-corrected chi connectivity index (χ4v) is 5.29. The Hall–Kier alpha value is -1.55. The van der Waals surface area contributed by atoms with E-state index in [9.17, 15) is 5.11 Å². The van der Waals surface area contributed by atoms with E-state index in [2.05, 4.69) is 46.8 Å². The van der Waals surface area contributed by atoms with E-state index in [1.165, 1.54) is 25.7 Å². The Labute approximate surface area is 181 Å². The summed E-state index contributed by atoms with van der Waals surface area (Å²) >= 11 is 5.24. The van der Waals surface area contributed by atoms with Crippen molar-refractivity contribution in [3.05, 3.63) is 34.9 Å². The molecule has 160 valence electrons. The van der Waals surface area contributed by atoms with Crippen LogP contribution in [-0.2, 0) is 5.41 Å². The molecular formula is C25H37NO2S. The molecule has 0 unspecified atom stereocenters. The van der Waals surface area contributed by atoms with Crippen LogP contribution in [0.25, 0.3) is 0 Å². The highest BCUT2D eigenvalue weighted by atomic mass is 32.1. The summed E-state index contributed by atoms with van der Waals surface area (Å²) < 4.78 is 6.49. The van der Waals surface area contributed by atoms with Crippen LogP contribution in [0.3, 0.4) is 0 Å². The van der Waals surface area contributed by atoms with E-state index in [1.807, 2.05) is 6.07 Å². The van der Waals surface area contributed by atoms with Crippen molar-refractivity contribution in [2.24, 2.45) is 11.7 Å². The molecule has 0 bridgehead atoms. The van der Waals surface area contributed by atoms with Crippen LogP contribution < -0.4 is 10.5 Å². The number of rotatable bonds is 7. The van der Waals surface area contributed by atoms with E-state index in [1.54, 1.807) is 0 Å². The van der Waals surface area contributed by atoms with Crippen LogP contribution in [0.15, 0.2) is 23.8 Å². The summed E-state index contributed by atoms with van der Waals surface area (Å²) in [5, 5.41) is 11.1. The molecule has 3 rings (SSSR count). The van der Waals surface area contributed by atoms with E-state index in [-0.39, 0.29) is 16.9 Å². The van der Waals surface area contributed by atoms with E-state index < -0.39 is 0 Å². The van der Waals surface area contributed by atoms with Gasteiger partial charge in [-0.25, -0.2) is 0 Å². The van der Waals surface area contributed by atoms with Crippen molar-refractivity contribution in [3.63, 3.8) is 0 Å². The van der Waals surface area contributed by atoms with E-state index in [0.29, 0.717) is 16.7 Å². The zero-order valence-corrected chi connectivity index (χ0v) is 19.5. The lowest BCUT2D eigenvalue weighted by molar-refractivity contribution is 0.00784. The molecule has 1 aromatic carbocycles. The van der Waals surface area contributed by atoms with Crippen LogP contribution in [0.1, 0.15) is 96.6 Å². The van der Waals surface area contributed by atoms with Gasteiger partial charge in [0.05, 0.1) is 4.99 Å². The summed E-state index contributed by atoms with van der Waals surface area (Å²) in [5.74, 6) is 1.66. The van der Waals surface area contributed by atoms with Crippen molar-refractivity contribution in [1.29, 1.82) is 0 Å². The molecule has 2 aliphatic rings. The van der Waals surface area contributed by atoms with Gasteiger partial charge in [0.1, 0.15) is 17.1 Å². The van der Waals surface area contributed by atoms with Crippen molar-refractivity contribution in [1.82, 2.24) is 0 Å². The quantitative estimate of drug-likeness (QED) is 0.393. The molecule has 3 nitrogen and oxygen atoms in total. The van der Waals surface area contributed by atoms with Gasteiger partial charge in [0, 0.05) is 17.4 Å². The number of thiocarbonyl (C=S) groups is 1. The molecule has 0 saturated carbocycles. The van der Waals surface area contributed by atoms with Crippen molar-refractivity contribution in [3.8, 4) is 11.5 Å². The third-order valence-corrected chi connectivity index (χ3v) is 7.32. The summed E-state index contributed by atoms with van der Waals surface area (Å²) in [5.41, 5.74) is 8.75. The molecule has 1 aliphatic heterocycles. The minimum atomic E-state index is -0.299. The second-order valence-corrected chi connectivity index (χ2v) is 10.5. The zero-order valence-electron chi connectivity index (χ0n) is 18.7. The summed E-state index contributed by atoms with van der Waals surface area (Å²) in [4.78, 5) is 0.471. The molecule has 1 aromatic rings. The third kappa shape index (κ3) is 4.47. The molecule has 1 aliphatic carbocycles. The number of ether oxygens (including phenoxy) is 1. The number of nitrogens with two attached hydrogens (primary N) is 1. The first-order chi connectivity index (χ1) is 13.6. The number of aromatic hydroxyl groups is 1. The zero-order chi connectivity index (χ0) is 21.4. The average Bonchev–Trinajstić information content (AvgIpc) is 2.64. The van der Waals surface area contributed by atoms with Gasteiger partial charge in [-0.3, -0.25) is 0 Å². The number of fused-ring (bicyclic) bond motifs is 3. The van der Waals surface area contributed by atoms with E-state index in [0.717, 1.165) is 41.7 Å². The average molecular weight is 416 g/mol. The predicted molar refractivity (Wildman–Crippen MR) is 125 cm³/mol. The van der Waals surface area contributed by atoms with Gasteiger partial charge in [0.2, 0.25) is 0 Å². The number of unbranched alkanes of at least 4 members (excludes halogenated alkanes) is 3. The van der Waals surface area contributed by atoms with Crippen molar-refractivity contribution < 1.29 is 9.84 Å². The summed E-state index contributed by atoms with van der Waals surface area (Å²) in [6.07, 6.45) is 9.90. The summed E-state index contributed by atoms with van der Waals surface area (Å²) in [7, 11) is 0. The molecule has 0 saturated heterocycles. The molecule has 0 spiro atoms. The van der Waals surface area contributed by atoms with Crippen LogP contribution in [0, 0.1) is 5.92 Å². The van der Waals surface area contributed by atoms with Gasteiger partial charge >= 0.3 is 0 Å². The van der Waals surface area contributed by atoms with Gasteiger partial charge in [-0.1, -0.05) is 64.7 Å². The lowest BCUT2D eigenvalue weighted by Crippen LogP contribution is -2.46. The Morgan fingerprint density at radius 2 is 2.00 bits per heavy atom. The third-order valence-electron chi connectivity index (χ3n) is 7.05.